The third kappa shape index (κ3) is 1.60. The Morgan fingerprint density at radius 3 is 2.30 bits per heavy atom. The molecule has 0 aliphatic carbocycles. The maximum atomic E-state index is 12.5. The number of hydrogen-bond donors (Lipinski definition) is 0. The van der Waals surface area contributed by atoms with Gasteiger partial charge in [-0.3, -0.25) is 4.79 Å². The van der Waals surface area contributed by atoms with Crippen LogP contribution in [-0.4, -0.2) is 3.96 Å². The van der Waals surface area contributed by atoms with E-state index in [0.717, 1.165) is 26.5 Å². The number of rotatable bonds is 1. The van der Waals surface area contributed by atoms with Crippen LogP contribution in [0, 0.1) is 0 Å². The lowest BCUT2D eigenvalue weighted by Gasteiger charge is -2.05. The molecule has 4 rings (SSSR count). The third-order valence-corrected chi connectivity index (χ3v) is 4.57. The number of hydrogen-bond acceptors (Lipinski definition) is 2. The molecule has 0 aliphatic heterocycles. The minimum Gasteiger partial charge on any atom is -0.267 e. The SMILES string of the molecule is O=c1c2ccccc2sn1-c1cccc2ccccc12. The van der Waals surface area contributed by atoms with Crippen molar-refractivity contribution < 1.29 is 0 Å². The normalized spacial score (nSPS) is 11.2. The highest BCUT2D eigenvalue weighted by atomic mass is 32.1. The molecule has 0 aliphatic rings. The van der Waals surface area contributed by atoms with Crippen LogP contribution in [-0.2, 0) is 0 Å². The van der Waals surface area contributed by atoms with Gasteiger partial charge >= 0.3 is 0 Å². The zero-order valence-electron chi connectivity index (χ0n) is 10.6. The molecule has 0 spiro atoms. The molecule has 4 aromatic rings. The highest BCUT2D eigenvalue weighted by molar-refractivity contribution is 7.14. The Balaban J connectivity index is 2.12. The van der Waals surface area contributed by atoms with E-state index in [9.17, 15) is 4.79 Å². The summed E-state index contributed by atoms with van der Waals surface area (Å²) in [5, 5.41) is 3.03. The molecule has 0 unspecified atom stereocenters. The van der Waals surface area contributed by atoms with Crippen molar-refractivity contribution in [2.75, 3.05) is 0 Å². The Labute approximate surface area is 119 Å². The van der Waals surface area contributed by atoms with E-state index in [4.69, 9.17) is 0 Å². The van der Waals surface area contributed by atoms with E-state index in [0.29, 0.717) is 0 Å². The van der Waals surface area contributed by atoms with E-state index >= 15 is 0 Å². The van der Waals surface area contributed by atoms with Gasteiger partial charge in [-0.05, 0) is 23.6 Å². The van der Waals surface area contributed by atoms with E-state index in [2.05, 4.69) is 18.2 Å². The molecule has 0 atom stereocenters. The van der Waals surface area contributed by atoms with Gasteiger partial charge in [0.2, 0.25) is 0 Å². The zero-order valence-corrected chi connectivity index (χ0v) is 11.4. The van der Waals surface area contributed by atoms with Gasteiger partial charge in [-0.1, -0.05) is 60.1 Å². The lowest BCUT2D eigenvalue weighted by molar-refractivity contribution is 1.16. The van der Waals surface area contributed by atoms with E-state index in [-0.39, 0.29) is 5.56 Å². The molecule has 2 nitrogen and oxygen atoms in total. The average Bonchev–Trinajstić information content (AvgIpc) is 2.84. The number of aromatic nitrogens is 1. The van der Waals surface area contributed by atoms with Gasteiger partial charge in [0.05, 0.1) is 15.8 Å². The van der Waals surface area contributed by atoms with E-state index in [1.54, 1.807) is 3.96 Å². The first-order valence-electron chi connectivity index (χ1n) is 6.44. The fourth-order valence-electron chi connectivity index (χ4n) is 2.52. The van der Waals surface area contributed by atoms with Gasteiger partial charge < -0.3 is 0 Å². The predicted octanol–water partition coefficient (Wildman–Crippen LogP) is 4.21. The minimum atomic E-state index is 0.0574. The van der Waals surface area contributed by atoms with E-state index in [1.165, 1.54) is 11.5 Å². The minimum absolute atomic E-state index is 0.0574. The van der Waals surface area contributed by atoms with Gasteiger partial charge in [0.1, 0.15) is 0 Å². The average molecular weight is 277 g/mol. The van der Waals surface area contributed by atoms with Gasteiger partial charge in [0, 0.05) is 5.39 Å². The van der Waals surface area contributed by atoms with Crippen LogP contribution in [0.3, 0.4) is 0 Å². The van der Waals surface area contributed by atoms with Gasteiger partial charge in [0.15, 0.2) is 0 Å². The summed E-state index contributed by atoms with van der Waals surface area (Å²) in [4.78, 5) is 12.5. The summed E-state index contributed by atoms with van der Waals surface area (Å²) in [5.74, 6) is 0. The molecule has 0 bridgehead atoms. The topological polar surface area (TPSA) is 22.0 Å². The number of nitrogens with zero attached hydrogens (tertiary/aromatic N) is 1. The Kier molecular flexibility index (Phi) is 2.47. The predicted molar refractivity (Wildman–Crippen MR) is 84.9 cm³/mol. The summed E-state index contributed by atoms with van der Waals surface area (Å²) in [5.41, 5.74) is 1.01. The Morgan fingerprint density at radius 1 is 0.750 bits per heavy atom. The summed E-state index contributed by atoms with van der Waals surface area (Å²) < 4.78 is 2.80. The first-order valence-corrected chi connectivity index (χ1v) is 7.21. The van der Waals surface area contributed by atoms with Crippen molar-refractivity contribution in [2.24, 2.45) is 0 Å². The van der Waals surface area contributed by atoms with Crippen molar-refractivity contribution in [3.8, 4) is 5.69 Å². The molecule has 0 radical (unpaired) electrons. The molecule has 1 heterocycles. The second kappa shape index (κ2) is 4.32. The van der Waals surface area contributed by atoms with Crippen LogP contribution in [0.5, 0.6) is 0 Å². The van der Waals surface area contributed by atoms with Crippen LogP contribution in [0.2, 0.25) is 0 Å². The van der Waals surface area contributed by atoms with Gasteiger partial charge in [-0.2, -0.15) is 0 Å². The maximum absolute atomic E-state index is 12.5. The highest BCUT2D eigenvalue weighted by Crippen LogP contribution is 2.25. The standard InChI is InChI=1S/C17H11NOS/c19-17-14-9-3-4-11-16(14)20-18(17)15-10-5-7-12-6-1-2-8-13(12)15/h1-11H. The largest absolute Gasteiger partial charge is 0.273 e. The molecule has 3 heteroatoms. The van der Waals surface area contributed by atoms with Gasteiger partial charge in [-0.25, -0.2) is 3.96 Å². The number of fused-ring (bicyclic) bond motifs is 2. The summed E-state index contributed by atoms with van der Waals surface area (Å²) >= 11 is 1.50. The van der Waals surface area contributed by atoms with Crippen LogP contribution in [0.4, 0.5) is 0 Å². The molecule has 3 aromatic carbocycles. The molecule has 1 aromatic heterocycles. The van der Waals surface area contributed by atoms with E-state index in [1.807, 2.05) is 48.5 Å². The molecule has 0 N–H and O–H groups in total. The quantitative estimate of drug-likeness (QED) is 0.511. The van der Waals surface area contributed by atoms with Gasteiger partial charge in [0.25, 0.3) is 5.56 Å². The molecular formula is C17H11NOS. The molecular weight excluding hydrogens is 266 g/mol. The highest BCUT2D eigenvalue weighted by Gasteiger charge is 2.10. The van der Waals surface area contributed by atoms with Crippen LogP contribution in [0.1, 0.15) is 0 Å². The van der Waals surface area contributed by atoms with E-state index < -0.39 is 0 Å². The molecule has 0 fully saturated rings. The summed E-state index contributed by atoms with van der Waals surface area (Å²) in [7, 11) is 0. The maximum Gasteiger partial charge on any atom is 0.273 e. The number of benzene rings is 3. The molecule has 0 amide bonds. The summed E-state index contributed by atoms with van der Waals surface area (Å²) in [6, 6.07) is 21.9. The zero-order chi connectivity index (χ0) is 13.5. The first-order chi connectivity index (χ1) is 9.84. The molecule has 20 heavy (non-hydrogen) atoms. The Bertz CT molecular complexity index is 976. The first kappa shape index (κ1) is 11.4. The fourth-order valence-corrected chi connectivity index (χ4v) is 3.54. The summed E-state index contributed by atoms with van der Waals surface area (Å²) in [6.07, 6.45) is 0. The Morgan fingerprint density at radius 2 is 1.45 bits per heavy atom. The monoisotopic (exact) mass is 277 g/mol. The lowest BCUT2D eigenvalue weighted by Crippen LogP contribution is -2.10. The van der Waals surface area contributed by atoms with Crippen molar-refractivity contribution >= 4 is 32.4 Å². The van der Waals surface area contributed by atoms with Crippen LogP contribution >= 0.6 is 11.5 Å². The van der Waals surface area contributed by atoms with Crippen LogP contribution in [0.15, 0.2) is 71.5 Å². The summed E-state index contributed by atoms with van der Waals surface area (Å²) in [6.45, 7) is 0. The van der Waals surface area contributed by atoms with Crippen LogP contribution in [0.25, 0.3) is 26.5 Å². The fraction of sp³-hybridized carbons (Fsp3) is 0. The van der Waals surface area contributed by atoms with Crippen molar-refractivity contribution in [3.63, 3.8) is 0 Å². The van der Waals surface area contributed by atoms with Crippen molar-refractivity contribution in [1.82, 2.24) is 3.96 Å². The molecule has 96 valence electrons. The third-order valence-electron chi connectivity index (χ3n) is 3.48. The van der Waals surface area contributed by atoms with Gasteiger partial charge in [-0.15, -0.1) is 0 Å². The molecule has 0 saturated carbocycles. The van der Waals surface area contributed by atoms with Crippen molar-refractivity contribution in [3.05, 3.63) is 77.1 Å². The molecule has 0 saturated heterocycles. The smallest absolute Gasteiger partial charge is 0.267 e. The van der Waals surface area contributed by atoms with Crippen LogP contribution < -0.4 is 5.56 Å². The second-order valence-corrected chi connectivity index (χ2v) is 5.67. The Hall–Kier alpha value is -2.39. The second-order valence-electron chi connectivity index (χ2n) is 4.69. The van der Waals surface area contributed by atoms with Crippen molar-refractivity contribution in [2.45, 2.75) is 0 Å². The lowest BCUT2D eigenvalue weighted by atomic mass is 10.1. The van der Waals surface area contributed by atoms with Crippen molar-refractivity contribution in [1.29, 1.82) is 0 Å².